The summed E-state index contributed by atoms with van der Waals surface area (Å²) in [6, 6.07) is 13.0. The summed E-state index contributed by atoms with van der Waals surface area (Å²) in [6.07, 6.45) is 3.64. The zero-order valence-corrected chi connectivity index (χ0v) is 13.4. The Morgan fingerprint density at radius 3 is 2.67 bits per heavy atom. The zero-order chi connectivity index (χ0) is 16.8. The number of anilines is 1. The first-order valence-electron chi connectivity index (χ1n) is 7.92. The Labute approximate surface area is 141 Å². The van der Waals surface area contributed by atoms with Crippen molar-refractivity contribution in [3.8, 4) is 6.07 Å². The number of para-hydroxylation sites is 1. The number of nitriles is 1. The SMILES string of the molecule is N#Cc1ccccc1NC(=O)N1CCN(Cc2cccnc2)CC1. The fourth-order valence-corrected chi connectivity index (χ4v) is 2.74. The monoisotopic (exact) mass is 321 g/mol. The largest absolute Gasteiger partial charge is 0.322 e. The molecule has 0 unspecified atom stereocenters. The van der Waals surface area contributed by atoms with Crippen molar-refractivity contribution < 1.29 is 4.79 Å². The molecule has 1 aliphatic heterocycles. The molecule has 0 spiro atoms. The second-order valence-corrected chi connectivity index (χ2v) is 5.71. The summed E-state index contributed by atoms with van der Waals surface area (Å²) in [6.45, 7) is 3.83. The number of nitrogens with zero attached hydrogens (tertiary/aromatic N) is 4. The fraction of sp³-hybridized carbons (Fsp3) is 0.278. The number of carbonyl (C=O) groups excluding carboxylic acids is 1. The first-order valence-corrected chi connectivity index (χ1v) is 7.92. The summed E-state index contributed by atoms with van der Waals surface area (Å²) in [7, 11) is 0. The molecule has 6 nitrogen and oxygen atoms in total. The Hall–Kier alpha value is -2.91. The zero-order valence-electron chi connectivity index (χ0n) is 13.4. The van der Waals surface area contributed by atoms with Gasteiger partial charge in [0.05, 0.1) is 11.3 Å². The maximum atomic E-state index is 12.4. The third kappa shape index (κ3) is 3.89. The van der Waals surface area contributed by atoms with Crippen LogP contribution in [0.5, 0.6) is 0 Å². The molecule has 2 amide bonds. The van der Waals surface area contributed by atoms with Crippen LogP contribution in [0, 0.1) is 11.3 Å². The van der Waals surface area contributed by atoms with Gasteiger partial charge in [-0.2, -0.15) is 5.26 Å². The number of urea groups is 1. The van der Waals surface area contributed by atoms with Crippen LogP contribution in [0.3, 0.4) is 0 Å². The summed E-state index contributed by atoms with van der Waals surface area (Å²) >= 11 is 0. The van der Waals surface area contributed by atoms with E-state index in [0.29, 0.717) is 24.3 Å². The highest BCUT2D eigenvalue weighted by atomic mass is 16.2. The average Bonchev–Trinajstić information content (AvgIpc) is 2.63. The van der Waals surface area contributed by atoms with Gasteiger partial charge in [0.25, 0.3) is 0 Å². The van der Waals surface area contributed by atoms with Crippen LogP contribution in [0.1, 0.15) is 11.1 Å². The van der Waals surface area contributed by atoms with Crippen LogP contribution in [-0.4, -0.2) is 47.0 Å². The summed E-state index contributed by atoms with van der Waals surface area (Å²) < 4.78 is 0. The number of hydrogen-bond donors (Lipinski definition) is 1. The van der Waals surface area contributed by atoms with Gasteiger partial charge in [-0.25, -0.2) is 4.79 Å². The lowest BCUT2D eigenvalue weighted by Crippen LogP contribution is -2.49. The Morgan fingerprint density at radius 2 is 1.96 bits per heavy atom. The predicted molar refractivity (Wildman–Crippen MR) is 91.3 cm³/mol. The average molecular weight is 321 g/mol. The molecule has 0 atom stereocenters. The van der Waals surface area contributed by atoms with Crippen molar-refractivity contribution >= 4 is 11.7 Å². The highest BCUT2D eigenvalue weighted by Gasteiger charge is 2.21. The maximum Gasteiger partial charge on any atom is 0.321 e. The minimum atomic E-state index is -0.154. The van der Waals surface area contributed by atoms with E-state index in [4.69, 9.17) is 5.26 Å². The van der Waals surface area contributed by atoms with E-state index in [2.05, 4.69) is 27.3 Å². The van der Waals surface area contributed by atoms with Gasteiger partial charge in [0.1, 0.15) is 6.07 Å². The van der Waals surface area contributed by atoms with E-state index in [1.54, 1.807) is 29.3 Å². The molecule has 1 saturated heterocycles. The van der Waals surface area contributed by atoms with Gasteiger partial charge in [-0.05, 0) is 23.8 Å². The number of nitrogens with one attached hydrogen (secondary N) is 1. The van der Waals surface area contributed by atoms with E-state index in [-0.39, 0.29) is 6.03 Å². The van der Waals surface area contributed by atoms with Crippen molar-refractivity contribution in [2.75, 3.05) is 31.5 Å². The molecular weight excluding hydrogens is 302 g/mol. The van der Waals surface area contributed by atoms with Gasteiger partial charge in [-0.1, -0.05) is 18.2 Å². The molecule has 0 saturated carbocycles. The van der Waals surface area contributed by atoms with E-state index < -0.39 is 0 Å². The first kappa shape index (κ1) is 16.0. The van der Waals surface area contributed by atoms with Crippen molar-refractivity contribution in [2.24, 2.45) is 0 Å². The summed E-state index contributed by atoms with van der Waals surface area (Å²) in [5.74, 6) is 0. The highest BCUT2D eigenvalue weighted by Crippen LogP contribution is 2.15. The third-order valence-corrected chi connectivity index (χ3v) is 4.08. The molecule has 1 aliphatic rings. The molecule has 0 bridgehead atoms. The van der Waals surface area contributed by atoms with Crippen LogP contribution >= 0.6 is 0 Å². The standard InChI is InChI=1S/C18H19N5O/c19-12-16-5-1-2-6-17(16)21-18(24)23-10-8-22(9-11-23)14-15-4-3-7-20-13-15/h1-7,13H,8-11,14H2,(H,21,24). The molecule has 1 aromatic carbocycles. The van der Waals surface area contributed by atoms with Crippen molar-refractivity contribution in [3.63, 3.8) is 0 Å². The summed E-state index contributed by atoms with van der Waals surface area (Å²) in [4.78, 5) is 20.6. The van der Waals surface area contributed by atoms with Gasteiger partial charge in [-0.15, -0.1) is 0 Å². The smallest absolute Gasteiger partial charge is 0.321 e. The Balaban J connectivity index is 1.53. The number of pyridine rings is 1. The molecular formula is C18H19N5O. The fourth-order valence-electron chi connectivity index (χ4n) is 2.74. The second-order valence-electron chi connectivity index (χ2n) is 5.71. The minimum absolute atomic E-state index is 0.154. The second kappa shape index (κ2) is 7.57. The normalized spacial score (nSPS) is 14.9. The van der Waals surface area contributed by atoms with Crippen molar-refractivity contribution in [2.45, 2.75) is 6.54 Å². The van der Waals surface area contributed by atoms with E-state index in [1.807, 2.05) is 18.3 Å². The number of rotatable bonds is 3. The summed E-state index contributed by atoms with van der Waals surface area (Å²) in [5.41, 5.74) is 2.21. The molecule has 2 aromatic rings. The van der Waals surface area contributed by atoms with Gasteiger partial charge in [-0.3, -0.25) is 9.88 Å². The molecule has 24 heavy (non-hydrogen) atoms. The molecule has 1 fully saturated rings. The van der Waals surface area contributed by atoms with Crippen LogP contribution in [0.25, 0.3) is 0 Å². The van der Waals surface area contributed by atoms with Gasteiger partial charge in [0, 0.05) is 45.1 Å². The number of benzene rings is 1. The van der Waals surface area contributed by atoms with Crippen LogP contribution < -0.4 is 5.32 Å². The number of carbonyl (C=O) groups is 1. The number of piperazine rings is 1. The van der Waals surface area contributed by atoms with Crippen LogP contribution in [-0.2, 0) is 6.54 Å². The van der Waals surface area contributed by atoms with Crippen LogP contribution in [0.4, 0.5) is 10.5 Å². The van der Waals surface area contributed by atoms with Crippen molar-refractivity contribution in [1.82, 2.24) is 14.8 Å². The van der Waals surface area contributed by atoms with E-state index in [9.17, 15) is 4.79 Å². The molecule has 3 rings (SSSR count). The minimum Gasteiger partial charge on any atom is -0.322 e. The predicted octanol–water partition coefficient (Wildman–Crippen LogP) is 2.30. The maximum absolute atomic E-state index is 12.4. The molecule has 1 N–H and O–H groups in total. The van der Waals surface area contributed by atoms with Gasteiger partial charge >= 0.3 is 6.03 Å². The number of aromatic nitrogens is 1. The van der Waals surface area contributed by atoms with E-state index in [1.165, 1.54) is 5.56 Å². The Kier molecular flexibility index (Phi) is 5.04. The van der Waals surface area contributed by atoms with E-state index >= 15 is 0 Å². The van der Waals surface area contributed by atoms with Gasteiger partial charge < -0.3 is 10.2 Å². The highest BCUT2D eigenvalue weighted by molar-refractivity contribution is 5.90. The number of amides is 2. The first-order chi connectivity index (χ1) is 11.8. The quantitative estimate of drug-likeness (QED) is 0.941. The van der Waals surface area contributed by atoms with Crippen molar-refractivity contribution in [3.05, 3.63) is 59.9 Å². The molecule has 0 radical (unpaired) electrons. The molecule has 122 valence electrons. The molecule has 0 aliphatic carbocycles. The lowest BCUT2D eigenvalue weighted by Gasteiger charge is -2.34. The lowest BCUT2D eigenvalue weighted by molar-refractivity contribution is 0.143. The third-order valence-electron chi connectivity index (χ3n) is 4.08. The molecule has 6 heteroatoms. The Morgan fingerprint density at radius 1 is 1.17 bits per heavy atom. The van der Waals surface area contributed by atoms with Gasteiger partial charge in [0.15, 0.2) is 0 Å². The Bertz CT molecular complexity index is 733. The van der Waals surface area contributed by atoms with Crippen LogP contribution in [0.15, 0.2) is 48.8 Å². The van der Waals surface area contributed by atoms with E-state index in [0.717, 1.165) is 19.6 Å². The molecule has 2 heterocycles. The lowest BCUT2D eigenvalue weighted by atomic mass is 10.2. The number of hydrogen-bond acceptors (Lipinski definition) is 4. The summed E-state index contributed by atoms with van der Waals surface area (Å²) in [5, 5.41) is 11.9. The van der Waals surface area contributed by atoms with Gasteiger partial charge in [0.2, 0.25) is 0 Å². The van der Waals surface area contributed by atoms with Crippen molar-refractivity contribution in [1.29, 1.82) is 5.26 Å². The topological polar surface area (TPSA) is 72.3 Å². The molecule has 1 aromatic heterocycles. The van der Waals surface area contributed by atoms with Crippen LogP contribution in [0.2, 0.25) is 0 Å².